The lowest BCUT2D eigenvalue weighted by atomic mass is 10.2. The van der Waals surface area contributed by atoms with Crippen molar-refractivity contribution in [2.45, 2.75) is 33.2 Å². The highest BCUT2D eigenvalue weighted by molar-refractivity contribution is 5.22. The van der Waals surface area contributed by atoms with Gasteiger partial charge in [0.05, 0.1) is 0 Å². The molecular formula is C10H14FNO2. The van der Waals surface area contributed by atoms with Gasteiger partial charge in [-0.05, 0) is 18.9 Å². The van der Waals surface area contributed by atoms with Crippen molar-refractivity contribution in [3.8, 4) is 5.88 Å². The number of rotatable bonds is 3. The van der Waals surface area contributed by atoms with Crippen LogP contribution in [-0.2, 0) is 6.54 Å². The molecule has 1 N–H and O–H groups in total. The van der Waals surface area contributed by atoms with E-state index in [0.717, 1.165) is 17.4 Å². The summed E-state index contributed by atoms with van der Waals surface area (Å²) in [4.78, 5) is 11.4. The molecule has 0 bridgehead atoms. The predicted octanol–water partition coefficient (Wildman–Crippen LogP) is 1.80. The highest BCUT2D eigenvalue weighted by atomic mass is 19.1. The molecule has 0 aliphatic carbocycles. The Labute approximate surface area is 81.8 Å². The molecule has 0 unspecified atom stereocenters. The summed E-state index contributed by atoms with van der Waals surface area (Å²) >= 11 is 0. The van der Waals surface area contributed by atoms with Crippen molar-refractivity contribution in [3.05, 3.63) is 27.8 Å². The topological polar surface area (TPSA) is 42.2 Å². The zero-order valence-electron chi connectivity index (χ0n) is 8.38. The average Bonchev–Trinajstić information content (AvgIpc) is 2.14. The van der Waals surface area contributed by atoms with Crippen LogP contribution in [0.4, 0.5) is 4.39 Å². The second-order valence-corrected chi connectivity index (χ2v) is 3.31. The summed E-state index contributed by atoms with van der Waals surface area (Å²) in [6.45, 7) is 3.78. The number of unbranched alkanes of at least 4 members (excludes halogenated alkanes) is 1. The van der Waals surface area contributed by atoms with E-state index in [-0.39, 0.29) is 11.1 Å². The number of pyridine rings is 1. The van der Waals surface area contributed by atoms with E-state index in [9.17, 15) is 14.3 Å². The highest BCUT2D eigenvalue weighted by Gasteiger charge is 2.11. The second kappa shape index (κ2) is 4.26. The van der Waals surface area contributed by atoms with Crippen LogP contribution >= 0.6 is 0 Å². The summed E-state index contributed by atoms with van der Waals surface area (Å²) in [6.07, 6.45) is 1.64. The number of hydrogen-bond donors (Lipinski definition) is 1. The van der Waals surface area contributed by atoms with Gasteiger partial charge in [0, 0.05) is 12.6 Å². The molecule has 1 heterocycles. The number of nitrogens with zero attached hydrogens (tertiary/aromatic N) is 1. The molecule has 0 saturated carbocycles. The van der Waals surface area contributed by atoms with Gasteiger partial charge in [-0.1, -0.05) is 13.3 Å². The minimum Gasteiger partial charge on any atom is -0.492 e. The molecule has 0 fully saturated rings. The molecule has 0 aromatic carbocycles. The van der Waals surface area contributed by atoms with Crippen molar-refractivity contribution in [2.75, 3.05) is 0 Å². The van der Waals surface area contributed by atoms with Crippen LogP contribution in [0.2, 0.25) is 0 Å². The first-order valence-corrected chi connectivity index (χ1v) is 4.66. The Morgan fingerprint density at radius 2 is 2.21 bits per heavy atom. The monoisotopic (exact) mass is 199 g/mol. The average molecular weight is 199 g/mol. The van der Waals surface area contributed by atoms with Gasteiger partial charge in [-0.15, -0.1) is 0 Å². The van der Waals surface area contributed by atoms with Gasteiger partial charge in [-0.2, -0.15) is 0 Å². The molecule has 3 nitrogen and oxygen atoms in total. The second-order valence-electron chi connectivity index (χ2n) is 3.31. The summed E-state index contributed by atoms with van der Waals surface area (Å²) < 4.78 is 14.3. The van der Waals surface area contributed by atoms with E-state index in [1.807, 2.05) is 6.92 Å². The zero-order chi connectivity index (χ0) is 10.7. The number of hydrogen-bond acceptors (Lipinski definition) is 2. The lowest BCUT2D eigenvalue weighted by molar-refractivity contribution is 0.364. The molecule has 0 aliphatic heterocycles. The summed E-state index contributed by atoms with van der Waals surface area (Å²) in [5.41, 5.74) is -0.171. The molecular weight excluding hydrogens is 185 g/mol. The van der Waals surface area contributed by atoms with Gasteiger partial charge in [0.1, 0.15) is 0 Å². The Kier molecular flexibility index (Phi) is 3.28. The van der Waals surface area contributed by atoms with Crippen molar-refractivity contribution in [1.29, 1.82) is 0 Å². The maximum atomic E-state index is 13.2. The molecule has 0 aliphatic rings. The summed E-state index contributed by atoms with van der Waals surface area (Å²) in [5.74, 6) is -1.26. The molecule has 1 aromatic heterocycles. The number of aromatic nitrogens is 1. The minimum atomic E-state index is -0.708. The molecule has 0 radical (unpaired) electrons. The molecule has 14 heavy (non-hydrogen) atoms. The Morgan fingerprint density at radius 1 is 1.57 bits per heavy atom. The third-order valence-electron chi connectivity index (χ3n) is 2.14. The van der Waals surface area contributed by atoms with E-state index in [0.29, 0.717) is 6.54 Å². The normalized spacial score (nSPS) is 10.5. The zero-order valence-corrected chi connectivity index (χ0v) is 8.38. The van der Waals surface area contributed by atoms with Gasteiger partial charge < -0.3 is 5.11 Å². The maximum Gasteiger partial charge on any atom is 0.253 e. The minimum absolute atomic E-state index is 0.181. The molecule has 1 aromatic rings. The molecule has 78 valence electrons. The number of aryl methyl sites for hydroxylation is 1. The summed E-state index contributed by atoms with van der Waals surface area (Å²) in [5, 5.41) is 9.37. The number of aromatic hydroxyl groups is 1. The smallest absolute Gasteiger partial charge is 0.253 e. The van der Waals surface area contributed by atoms with E-state index >= 15 is 0 Å². The van der Waals surface area contributed by atoms with Crippen molar-refractivity contribution in [3.63, 3.8) is 0 Å². The van der Waals surface area contributed by atoms with Crippen LogP contribution in [0, 0.1) is 12.7 Å². The van der Waals surface area contributed by atoms with Gasteiger partial charge >= 0.3 is 0 Å². The van der Waals surface area contributed by atoms with Crippen LogP contribution < -0.4 is 5.56 Å². The molecule has 0 amide bonds. The van der Waals surface area contributed by atoms with E-state index in [1.165, 1.54) is 13.0 Å². The quantitative estimate of drug-likeness (QED) is 0.806. The SMILES string of the molecule is CCCCn1c(O)c(F)c(C)cc1=O. The predicted molar refractivity (Wildman–Crippen MR) is 52.0 cm³/mol. The standard InChI is InChI=1S/C10H14FNO2/c1-3-4-5-12-8(13)6-7(2)9(11)10(12)14/h6,14H,3-5H2,1-2H3. The fraction of sp³-hybridized carbons (Fsp3) is 0.500. The first kappa shape index (κ1) is 10.8. The van der Waals surface area contributed by atoms with Gasteiger partial charge in [-0.3, -0.25) is 9.36 Å². The van der Waals surface area contributed by atoms with Crippen LogP contribution in [0.3, 0.4) is 0 Å². The van der Waals surface area contributed by atoms with E-state index in [4.69, 9.17) is 0 Å². The van der Waals surface area contributed by atoms with Crippen LogP contribution in [0.25, 0.3) is 0 Å². The molecule has 0 atom stereocenters. The van der Waals surface area contributed by atoms with E-state index in [2.05, 4.69) is 0 Å². The van der Waals surface area contributed by atoms with Gasteiger partial charge in [0.25, 0.3) is 5.56 Å². The van der Waals surface area contributed by atoms with Crippen molar-refractivity contribution in [1.82, 2.24) is 4.57 Å². The first-order chi connectivity index (χ1) is 6.57. The molecule has 0 saturated heterocycles. The van der Waals surface area contributed by atoms with Crippen molar-refractivity contribution in [2.24, 2.45) is 0 Å². The summed E-state index contributed by atoms with van der Waals surface area (Å²) in [7, 11) is 0. The summed E-state index contributed by atoms with van der Waals surface area (Å²) in [6, 6.07) is 1.20. The Morgan fingerprint density at radius 3 is 2.79 bits per heavy atom. The van der Waals surface area contributed by atoms with Crippen LogP contribution in [0.5, 0.6) is 5.88 Å². The van der Waals surface area contributed by atoms with Crippen LogP contribution in [0.1, 0.15) is 25.3 Å². The fourth-order valence-electron chi connectivity index (χ4n) is 1.26. The van der Waals surface area contributed by atoms with Gasteiger partial charge in [0.2, 0.25) is 5.88 Å². The Bertz CT molecular complexity index is 384. The van der Waals surface area contributed by atoms with Crippen molar-refractivity contribution < 1.29 is 9.50 Å². The van der Waals surface area contributed by atoms with Crippen LogP contribution in [0.15, 0.2) is 10.9 Å². The lowest BCUT2D eigenvalue weighted by Gasteiger charge is -2.09. The molecule has 4 heteroatoms. The maximum absolute atomic E-state index is 13.2. The Hall–Kier alpha value is -1.32. The van der Waals surface area contributed by atoms with Crippen LogP contribution in [-0.4, -0.2) is 9.67 Å². The van der Waals surface area contributed by atoms with E-state index in [1.54, 1.807) is 0 Å². The van der Waals surface area contributed by atoms with E-state index < -0.39 is 11.7 Å². The molecule has 1 rings (SSSR count). The third-order valence-corrected chi connectivity index (χ3v) is 2.14. The Balaban J connectivity index is 3.16. The van der Waals surface area contributed by atoms with Gasteiger partial charge in [0.15, 0.2) is 5.82 Å². The number of halogens is 1. The molecule has 0 spiro atoms. The van der Waals surface area contributed by atoms with Gasteiger partial charge in [-0.25, -0.2) is 4.39 Å². The third kappa shape index (κ3) is 1.95. The largest absolute Gasteiger partial charge is 0.492 e. The van der Waals surface area contributed by atoms with Crippen molar-refractivity contribution >= 4 is 0 Å². The highest BCUT2D eigenvalue weighted by Crippen LogP contribution is 2.16. The first-order valence-electron chi connectivity index (χ1n) is 4.66. The lowest BCUT2D eigenvalue weighted by Crippen LogP contribution is -2.20. The fourth-order valence-corrected chi connectivity index (χ4v) is 1.26.